The molecule has 0 aromatic carbocycles. The molecule has 0 bridgehead atoms. The third kappa shape index (κ3) is 0.991. The molecule has 0 fully saturated rings. The molecule has 3 nitrogen and oxygen atoms in total. The molecule has 3 heteroatoms. The van der Waals surface area contributed by atoms with Crippen molar-refractivity contribution in [2.45, 2.75) is 0 Å². The molecule has 0 aliphatic carbocycles. The van der Waals surface area contributed by atoms with E-state index in [2.05, 4.69) is 10.3 Å². The van der Waals surface area contributed by atoms with Crippen molar-refractivity contribution in [2.75, 3.05) is 6.61 Å². The van der Waals surface area contributed by atoms with Crippen molar-refractivity contribution in [3.05, 3.63) is 29.6 Å². The van der Waals surface area contributed by atoms with E-state index in [4.69, 9.17) is 5.11 Å². The van der Waals surface area contributed by atoms with Crippen LogP contribution in [0.5, 0.6) is 0 Å². The molecular formula is C8H7N2O. The molecule has 0 atom stereocenters. The van der Waals surface area contributed by atoms with Gasteiger partial charge in [-0.1, -0.05) is 0 Å². The lowest BCUT2D eigenvalue weighted by Gasteiger charge is -1.94. The maximum atomic E-state index is 8.75. The minimum Gasteiger partial charge on any atom is -0.390 e. The van der Waals surface area contributed by atoms with E-state index >= 15 is 0 Å². The number of fused-ring (bicyclic) bond motifs is 1. The van der Waals surface area contributed by atoms with Crippen molar-refractivity contribution in [1.29, 1.82) is 0 Å². The van der Waals surface area contributed by atoms with Gasteiger partial charge in [0.25, 0.3) is 0 Å². The predicted octanol–water partition coefficient (Wildman–Crippen LogP) is 0.664. The van der Waals surface area contributed by atoms with Gasteiger partial charge in [0.2, 0.25) is 0 Å². The van der Waals surface area contributed by atoms with Gasteiger partial charge in [-0.05, 0) is 18.2 Å². The van der Waals surface area contributed by atoms with Gasteiger partial charge in [0.05, 0.1) is 12.3 Å². The molecule has 0 saturated carbocycles. The number of pyridine rings is 1. The first-order valence-electron chi connectivity index (χ1n) is 3.38. The summed E-state index contributed by atoms with van der Waals surface area (Å²) in [5.41, 5.74) is 1.66. The number of aromatic nitrogens is 1. The first-order valence-corrected chi connectivity index (χ1v) is 3.38. The van der Waals surface area contributed by atoms with Gasteiger partial charge in [0.1, 0.15) is 0 Å². The quantitative estimate of drug-likeness (QED) is 0.634. The number of rotatable bonds is 1. The van der Waals surface area contributed by atoms with Crippen molar-refractivity contribution in [3.8, 4) is 0 Å². The summed E-state index contributed by atoms with van der Waals surface area (Å²) in [5, 5.41) is 12.8. The minimum absolute atomic E-state index is 0.0175. The fraction of sp³-hybridized carbons (Fsp3) is 0.125. The molecule has 0 spiro atoms. The highest BCUT2D eigenvalue weighted by Crippen LogP contribution is 2.23. The zero-order valence-corrected chi connectivity index (χ0v) is 5.86. The molecule has 1 aromatic heterocycles. The Hall–Kier alpha value is -1.35. The summed E-state index contributed by atoms with van der Waals surface area (Å²) in [7, 11) is 0. The molecule has 55 valence electrons. The number of hydrogen-bond donors (Lipinski definition) is 1. The second-order valence-electron chi connectivity index (χ2n) is 2.32. The monoisotopic (exact) mass is 147 g/mol. The molecule has 0 saturated heterocycles. The highest BCUT2D eigenvalue weighted by Gasteiger charge is 2.12. The summed E-state index contributed by atoms with van der Waals surface area (Å²) in [5.74, 6) is 0.705. The molecule has 0 amide bonds. The SMILES string of the molecule is OCC1=Cc2cccnc2[N]1. The summed E-state index contributed by atoms with van der Waals surface area (Å²) in [6.45, 7) is -0.0175. The fourth-order valence-electron chi connectivity index (χ4n) is 1.04. The number of aliphatic hydroxyl groups excluding tert-OH is 1. The Kier molecular flexibility index (Phi) is 1.36. The Balaban J connectivity index is 2.39. The number of nitrogens with zero attached hydrogens (tertiary/aromatic N) is 2. The molecule has 2 heterocycles. The average Bonchev–Trinajstić information content (AvgIpc) is 2.46. The van der Waals surface area contributed by atoms with Crippen LogP contribution in [-0.2, 0) is 0 Å². The van der Waals surface area contributed by atoms with Crippen LogP contribution >= 0.6 is 0 Å². The van der Waals surface area contributed by atoms with Crippen LogP contribution in [0.25, 0.3) is 6.08 Å². The van der Waals surface area contributed by atoms with Gasteiger partial charge >= 0.3 is 0 Å². The lowest BCUT2D eigenvalue weighted by Crippen LogP contribution is -1.97. The normalized spacial score (nSPS) is 13.7. The zero-order valence-electron chi connectivity index (χ0n) is 5.86. The van der Waals surface area contributed by atoms with Crippen LogP contribution in [0.2, 0.25) is 0 Å². The van der Waals surface area contributed by atoms with Gasteiger partial charge in [-0.15, -0.1) is 0 Å². The lowest BCUT2D eigenvalue weighted by molar-refractivity contribution is 0.326. The smallest absolute Gasteiger partial charge is 0.159 e. The highest BCUT2D eigenvalue weighted by atomic mass is 16.3. The van der Waals surface area contributed by atoms with Crippen molar-refractivity contribution in [1.82, 2.24) is 10.3 Å². The third-order valence-electron chi connectivity index (χ3n) is 1.55. The van der Waals surface area contributed by atoms with E-state index in [9.17, 15) is 0 Å². The minimum atomic E-state index is -0.0175. The molecule has 11 heavy (non-hydrogen) atoms. The average molecular weight is 147 g/mol. The Morgan fingerprint density at radius 2 is 2.36 bits per heavy atom. The van der Waals surface area contributed by atoms with E-state index < -0.39 is 0 Å². The first-order chi connectivity index (χ1) is 5.40. The van der Waals surface area contributed by atoms with E-state index in [1.54, 1.807) is 6.20 Å². The Bertz CT molecular complexity index is 307. The number of hydrogen-bond acceptors (Lipinski definition) is 2. The standard InChI is InChI=1S/C8H7N2O/c11-5-7-4-6-2-1-3-9-8(6)10-7/h1-4,11H,5H2. The summed E-state index contributed by atoms with van der Waals surface area (Å²) >= 11 is 0. The summed E-state index contributed by atoms with van der Waals surface area (Å²) < 4.78 is 0. The summed E-state index contributed by atoms with van der Waals surface area (Å²) in [4.78, 5) is 4.03. The Morgan fingerprint density at radius 1 is 1.45 bits per heavy atom. The van der Waals surface area contributed by atoms with E-state index in [1.807, 2.05) is 18.2 Å². The van der Waals surface area contributed by atoms with E-state index in [0.29, 0.717) is 11.5 Å². The van der Waals surface area contributed by atoms with E-state index in [1.165, 1.54) is 0 Å². The second-order valence-corrected chi connectivity index (χ2v) is 2.32. The highest BCUT2D eigenvalue weighted by molar-refractivity contribution is 5.68. The van der Waals surface area contributed by atoms with Gasteiger partial charge in [0.15, 0.2) is 5.82 Å². The molecule has 1 aliphatic rings. The maximum Gasteiger partial charge on any atom is 0.159 e. The fourth-order valence-corrected chi connectivity index (χ4v) is 1.04. The van der Waals surface area contributed by atoms with Crippen LogP contribution in [0.4, 0.5) is 5.82 Å². The van der Waals surface area contributed by atoms with Crippen LogP contribution in [-0.4, -0.2) is 16.7 Å². The van der Waals surface area contributed by atoms with Crippen LogP contribution < -0.4 is 5.32 Å². The topological polar surface area (TPSA) is 47.2 Å². The van der Waals surface area contributed by atoms with Crippen LogP contribution in [0.15, 0.2) is 24.0 Å². The molecular weight excluding hydrogens is 140 g/mol. The van der Waals surface area contributed by atoms with Crippen LogP contribution in [0, 0.1) is 0 Å². The summed E-state index contributed by atoms with van der Waals surface area (Å²) in [6, 6.07) is 3.78. The van der Waals surface area contributed by atoms with E-state index in [-0.39, 0.29) is 6.61 Å². The zero-order chi connectivity index (χ0) is 7.68. The Labute approximate surface area is 64.4 Å². The van der Waals surface area contributed by atoms with Gasteiger partial charge in [-0.25, -0.2) is 10.3 Å². The van der Waals surface area contributed by atoms with Gasteiger partial charge < -0.3 is 5.11 Å². The molecule has 1 N–H and O–H groups in total. The van der Waals surface area contributed by atoms with Crippen molar-refractivity contribution < 1.29 is 5.11 Å². The molecule has 2 rings (SSSR count). The van der Waals surface area contributed by atoms with Gasteiger partial charge in [-0.3, -0.25) is 0 Å². The third-order valence-corrected chi connectivity index (χ3v) is 1.55. The molecule has 1 aromatic rings. The maximum absolute atomic E-state index is 8.75. The first kappa shape index (κ1) is 6.37. The largest absolute Gasteiger partial charge is 0.390 e. The molecule has 1 aliphatic heterocycles. The molecule has 0 unspecified atom stereocenters. The lowest BCUT2D eigenvalue weighted by atomic mass is 10.3. The van der Waals surface area contributed by atoms with Gasteiger partial charge in [0, 0.05) is 11.8 Å². The van der Waals surface area contributed by atoms with Gasteiger partial charge in [-0.2, -0.15) is 0 Å². The van der Waals surface area contributed by atoms with Crippen molar-refractivity contribution in [3.63, 3.8) is 0 Å². The van der Waals surface area contributed by atoms with Crippen molar-refractivity contribution in [2.24, 2.45) is 0 Å². The van der Waals surface area contributed by atoms with Crippen LogP contribution in [0.3, 0.4) is 0 Å². The molecule has 1 radical (unpaired) electrons. The van der Waals surface area contributed by atoms with Crippen molar-refractivity contribution >= 4 is 11.9 Å². The van der Waals surface area contributed by atoms with E-state index in [0.717, 1.165) is 5.56 Å². The number of aliphatic hydroxyl groups is 1. The van der Waals surface area contributed by atoms with Crippen LogP contribution in [0.1, 0.15) is 5.56 Å². The predicted molar refractivity (Wildman–Crippen MR) is 41.1 cm³/mol. The second kappa shape index (κ2) is 2.36. The summed E-state index contributed by atoms with van der Waals surface area (Å²) in [6.07, 6.45) is 3.53. The Morgan fingerprint density at radius 3 is 3.09 bits per heavy atom.